The lowest BCUT2D eigenvalue weighted by molar-refractivity contribution is 0.102. The Morgan fingerprint density at radius 2 is 1.91 bits per heavy atom. The number of likely N-dealkylation sites (tertiary alicyclic amines) is 1. The van der Waals surface area contributed by atoms with Crippen LogP contribution in [0.15, 0.2) is 65.5 Å². The lowest BCUT2D eigenvalue weighted by Gasteiger charge is -2.19. The number of benzene rings is 3. The van der Waals surface area contributed by atoms with Gasteiger partial charge in [0.15, 0.2) is 0 Å². The number of aromatic nitrogens is 3. The van der Waals surface area contributed by atoms with E-state index in [4.69, 9.17) is 4.98 Å². The van der Waals surface area contributed by atoms with Gasteiger partial charge in [0.2, 0.25) is 0 Å². The van der Waals surface area contributed by atoms with Crippen LogP contribution < -0.4 is 10.9 Å². The Kier molecular flexibility index (Phi) is 5.15. The van der Waals surface area contributed by atoms with Crippen molar-refractivity contribution in [2.75, 3.05) is 11.9 Å². The van der Waals surface area contributed by atoms with Crippen LogP contribution in [0.5, 0.6) is 0 Å². The number of fused-ring (bicyclic) bond motifs is 4. The van der Waals surface area contributed by atoms with E-state index in [0.717, 1.165) is 46.2 Å². The maximum Gasteiger partial charge on any atom is 0.258 e. The van der Waals surface area contributed by atoms with Crippen LogP contribution in [0, 0.1) is 0 Å². The van der Waals surface area contributed by atoms with E-state index >= 15 is 0 Å². The molecule has 1 aliphatic heterocycles. The van der Waals surface area contributed by atoms with E-state index in [1.165, 1.54) is 12.8 Å². The van der Waals surface area contributed by atoms with Gasteiger partial charge in [-0.3, -0.25) is 14.5 Å². The van der Waals surface area contributed by atoms with Gasteiger partial charge in [-0.15, -0.1) is 0 Å². The van der Waals surface area contributed by atoms with Gasteiger partial charge in [0, 0.05) is 35.1 Å². The minimum Gasteiger partial charge on any atom is -0.341 e. The second-order valence-electron chi connectivity index (χ2n) is 9.47. The summed E-state index contributed by atoms with van der Waals surface area (Å²) in [6.07, 6.45) is 2.46. The lowest BCUT2D eigenvalue weighted by Crippen LogP contribution is -2.26. The Morgan fingerprint density at radius 1 is 1.09 bits per heavy atom. The van der Waals surface area contributed by atoms with E-state index in [-0.39, 0.29) is 11.5 Å². The molecule has 5 aromatic rings. The molecule has 7 nitrogen and oxygen atoms in total. The van der Waals surface area contributed by atoms with Crippen molar-refractivity contribution in [1.82, 2.24) is 19.4 Å². The first kappa shape index (κ1) is 21.6. The normalized spacial score (nSPS) is 16.5. The second kappa shape index (κ2) is 8.36. The molecule has 0 aliphatic carbocycles. The van der Waals surface area contributed by atoms with Crippen LogP contribution >= 0.6 is 0 Å². The number of aromatic amines is 1. The first-order valence-electron chi connectivity index (χ1n) is 12.0. The number of carbonyl (C=O) groups is 1. The van der Waals surface area contributed by atoms with Gasteiger partial charge >= 0.3 is 0 Å². The van der Waals surface area contributed by atoms with Gasteiger partial charge in [0.1, 0.15) is 5.82 Å². The van der Waals surface area contributed by atoms with Crippen LogP contribution in [0.2, 0.25) is 0 Å². The van der Waals surface area contributed by atoms with Gasteiger partial charge in [-0.25, -0.2) is 4.98 Å². The molecule has 0 radical (unpaired) electrons. The van der Waals surface area contributed by atoms with Crippen molar-refractivity contribution in [3.63, 3.8) is 0 Å². The molecule has 1 amide bonds. The summed E-state index contributed by atoms with van der Waals surface area (Å²) < 4.78 is 1.61. The Bertz CT molecular complexity index is 1670. The van der Waals surface area contributed by atoms with E-state index in [1.54, 1.807) is 23.7 Å². The number of hydrogen-bond donors (Lipinski definition) is 2. The molecular formula is C28H27N5O2. The first-order chi connectivity index (χ1) is 17.0. The van der Waals surface area contributed by atoms with Crippen molar-refractivity contribution >= 4 is 44.3 Å². The summed E-state index contributed by atoms with van der Waals surface area (Å²) in [5.74, 6) is 0.720. The quantitative estimate of drug-likeness (QED) is 0.373. The fourth-order valence-corrected chi connectivity index (χ4v) is 5.21. The summed E-state index contributed by atoms with van der Waals surface area (Å²) >= 11 is 0. The number of nitrogens with zero attached hydrogens (tertiary/aromatic N) is 3. The van der Waals surface area contributed by atoms with Crippen molar-refractivity contribution in [2.45, 2.75) is 32.4 Å². The number of hydrogen-bond acceptors (Lipinski definition) is 4. The van der Waals surface area contributed by atoms with Crippen LogP contribution in [0.3, 0.4) is 0 Å². The zero-order chi connectivity index (χ0) is 24.1. The van der Waals surface area contributed by atoms with Gasteiger partial charge in [0.25, 0.3) is 11.5 Å². The maximum atomic E-state index is 13.1. The standard InChI is InChI=1S/C28H27N5O2/c1-17-6-5-13-33(17)16-26-30-23-12-10-19(15-24(23)31-26)29-27(34)18-9-11-21-20-7-3-4-8-22(20)28(35)32(2)25(21)14-18/h3-4,7-12,14-15,17H,5-6,13,16H2,1-2H3,(H,29,34)(H,30,31)/t17-/m0/s1. The summed E-state index contributed by atoms with van der Waals surface area (Å²) in [7, 11) is 1.74. The number of pyridine rings is 1. The molecule has 3 heterocycles. The average Bonchev–Trinajstić information content (AvgIpc) is 3.47. The molecule has 0 bridgehead atoms. The number of H-pyrrole nitrogens is 1. The Balaban J connectivity index is 1.28. The van der Waals surface area contributed by atoms with Crippen LogP contribution in [0.1, 0.15) is 35.9 Å². The minimum absolute atomic E-state index is 0.0746. The molecule has 1 aliphatic rings. The molecule has 0 unspecified atom stereocenters. The highest BCUT2D eigenvalue weighted by molar-refractivity contribution is 6.10. The average molecular weight is 466 g/mol. The molecule has 2 aromatic heterocycles. The molecule has 1 atom stereocenters. The molecule has 7 heteroatoms. The van der Waals surface area contributed by atoms with Gasteiger partial charge in [-0.1, -0.05) is 24.3 Å². The third-order valence-electron chi connectivity index (χ3n) is 7.21. The zero-order valence-electron chi connectivity index (χ0n) is 19.8. The summed E-state index contributed by atoms with van der Waals surface area (Å²) in [6, 6.07) is 19.4. The van der Waals surface area contributed by atoms with Crippen LogP contribution in [0.4, 0.5) is 5.69 Å². The number of aryl methyl sites for hydroxylation is 1. The number of rotatable bonds is 4. The molecule has 176 valence electrons. The smallest absolute Gasteiger partial charge is 0.258 e. The SMILES string of the molecule is C[C@H]1CCCN1Cc1nc2ccc(NC(=O)c3ccc4c5ccccc5c(=O)n(C)c4c3)cc2[nH]1. The molecule has 1 saturated heterocycles. The minimum atomic E-state index is -0.225. The van der Waals surface area contributed by atoms with E-state index in [1.807, 2.05) is 48.5 Å². The first-order valence-corrected chi connectivity index (χ1v) is 12.0. The van der Waals surface area contributed by atoms with Crippen molar-refractivity contribution in [3.05, 3.63) is 82.4 Å². The van der Waals surface area contributed by atoms with Gasteiger partial charge in [0.05, 0.1) is 23.1 Å². The molecule has 0 saturated carbocycles. The Hall–Kier alpha value is -3.97. The molecule has 35 heavy (non-hydrogen) atoms. The van der Waals surface area contributed by atoms with E-state index < -0.39 is 0 Å². The predicted molar refractivity (Wildman–Crippen MR) is 140 cm³/mol. The summed E-state index contributed by atoms with van der Waals surface area (Å²) in [6.45, 7) is 4.17. The lowest BCUT2D eigenvalue weighted by atomic mass is 10.0. The molecule has 0 spiro atoms. The predicted octanol–water partition coefficient (Wildman–Crippen LogP) is 4.80. The number of anilines is 1. The van der Waals surface area contributed by atoms with Gasteiger partial charge in [-0.05, 0) is 68.1 Å². The zero-order valence-corrected chi connectivity index (χ0v) is 19.8. The van der Waals surface area contributed by atoms with Crippen molar-refractivity contribution in [1.29, 1.82) is 0 Å². The fraction of sp³-hybridized carbons (Fsp3) is 0.250. The summed E-state index contributed by atoms with van der Waals surface area (Å²) in [4.78, 5) is 36.5. The molecule has 2 N–H and O–H groups in total. The largest absolute Gasteiger partial charge is 0.341 e. The van der Waals surface area contributed by atoms with Gasteiger partial charge < -0.3 is 14.9 Å². The van der Waals surface area contributed by atoms with Gasteiger partial charge in [-0.2, -0.15) is 0 Å². The Labute approximate surface area is 202 Å². The maximum absolute atomic E-state index is 13.1. The van der Waals surface area contributed by atoms with E-state index in [0.29, 0.717) is 22.7 Å². The second-order valence-corrected chi connectivity index (χ2v) is 9.47. The van der Waals surface area contributed by atoms with Crippen LogP contribution in [-0.4, -0.2) is 37.9 Å². The van der Waals surface area contributed by atoms with Crippen molar-refractivity contribution in [2.24, 2.45) is 7.05 Å². The number of carbonyl (C=O) groups excluding carboxylic acids is 1. The molecule has 1 fully saturated rings. The fourth-order valence-electron chi connectivity index (χ4n) is 5.21. The molecule has 6 rings (SSSR count). The van der Waals surface area contributed by atoms with E-state index in [9.17, 15) is 9.59 Å². The summed E-state index contributed by atoms with van der Waals surface area (Å²) in [5.41, 5.74) is 3.63. The monoisotopic (exact) mass is 465 g/mol. The molecule has 3 aromatic carbocycles. The van der Waals surface area contributed by atoms with Crippen LogP contribution in [0.25, 0.3) is 32.7 Å². The third kappa shape index (κ3) is 3.78. The van der Waals surface area contributed by atoms with Crippen molar-refractivity contribution < 1.29 is 4.79 Å². The van der Waals surface area contributed by atoms with E-state index in [2.05, 4.69) is 22.1 Å². The molecular weight excluding hydrogens is 438 g/mol. The number of imidazole rings is 1. The number of amides is 1. The highest BCUT2D eigenvalue weighted by atomic mass is 16.1. The van der Waals surface area contributed by atoms with Crippen molar-refractivity contribution in [3.8, 4) is 0 Å². The summed E-state index contributed by atoms with van der Waals surface area (Å²) in [5, 5.41) is 5.50. The highest BCUT2D eigenvalue weighted by Gasteiger charge is 2.21. The van der Waals surface area contributed by atoms with Crippen LogP contribution in [-0.2, 0) is 13.6 Å². The number of nitrogens with one attached hydrogen (secondary N) is 2. The highest BCUT2D eigenvalue weighted by Crippen LogP contribution is 2.25. The Morgan fingerprint density at radius 3 is 2.71 bits per heavy atom. The third-order valence-corrected chi connectivity index (χ3v) is 7.21. The topological polar surface area (TPSA) is 83.0 Å².